The van der Waals surface area contributed by atoms with Gasteiger partial charge in [0.05, 0.1) is 14.2 Å². The maximum Gasteiger partial charge on any atom is 0.339 e. The van der Waals surface area contributed by atoms with E-state index in [1.807, 2.05) is 6.07 Å². The van der Waals surface area contributed by atoms with Crippen LogP contribution >= 0.6 is 0 Å². The first-order chi connectivity index (χ1) is 9.07. The highest BCUT2D eigenvalue weighted by Crippen LogP contribution is 2.46. The van der Waals surface area contributed by atoms with Crippen molar-refractivity contribution in [1.82, 2.24) is 0 Å². The summed E-state index contributed by atoms with van der Waals surface area (Å²) in [6, 6.07) is 3.51. The monoisotopic (exact) mass is 265 g/mol. The highest BCUT2D eigenvalue weighted by Gasteiger charge is 2.38. The molecule has 1 aromatic rings. The number of methoxy groups -OCH3 is 2. The van der Waals surface area contributed by atoms with Crippen LogP contribution in [0.3, 0.4) is 0 Å². The second-order valence-electron chi connectivity index (χ2n) is 4.90. The van der Waals surface area contributed by atoms with Gasteiger partial charge in [-0.25, -0.2) is 4.79 Å². The normalized spacial score (nSPS) is 16.6. The summed E-state index contributed by atoms with van der Waals surface area (Å²) < 4.78 is 10.4. The molecule has 1 aromatic carbocycles. The van der Waals surface area contributed by atoms with Crippen molar-refractivity contribution in [3.63, 3.8) is 0 Å². The summed E-state index contributed by atoms with van der Waals surface area (Å²) in [6.45, 7) is 0.515. The third-order valence-electron chi connectivity index (χ3n) is 4.02. The maximum atomic E-state index is 11.4. The molecule has 0 atom stereocenters. The van der Waals surface area contributed by atoms with Crippen LogP contribution in [0.1, 0.15) is 35.2 Å². The van der Waals surface area contributed by atoms with Crippen LogP contribution in [0.2, 0.25) is 0 Å². The molecule has 0 saturated heterocycles. The van der Waals surface area contributed by atoms with Crippen LogP contribution in [0.5, 0.6) is 11.5 Å². The van der Waals surface area contributed by atoms with Gasteiger partial charge in [-0.15, -0.1) is 0 Å². The number of carboxylic acid groups (broad SMARTS) is 1. The lowest BCUT2D eigenvalue weighted by atomic mass is 9.64. The van der Waals surface area contributed by atoms with Gasteiger partial charge >= 0.3 is 5.97 Å². The Hall–Kier alpha value is -1.75. The van der Waals surface area contributed by atoms with Gasteiger partial charge in [0.1, 0.15) is 5.56 Å². The second kappa shape index (κ2) is 5.09. The third-order valence-corrected chi connectivity index (χ3v) is 4.02. The molecule has 0 unspecified atom stereocenters. The standard InChI is InChI=1S/C14H19NO4/c1-18-11-7-9(14(8-15)4-3-5-14)6-10(13(16)17)12(11)19-2/h6-7H,3-5,8,15H2,1-2H3,(H,16,17). The zero-order valence-electron chi connectivity index (χ0n) is 11.2. The van der Waals surface area contributed by atoms with Crippen LogP contribution in [0, 0.1) is 0 Å². The number of nitrogens with two attached hydrogens (primary N) is 1. The average molecular weight is 265 g/mol. The first-order valence-electron chi connectivity index (χ1n) is 6.28. The van der Waals surface area contributed by atoms with E-state index in [2.05, 4.69) is 0 Å². The molecule has 3 N–H and O–H groups in total. The zero-order chi connectivity index (χ0) is 14.0. The molecule has 19 heavy (non-hydrogen) atoms. The number of carboxylic acids is 1. The van der Waals surface area contributed by atoms with Crippen molar-refractivity contribution in [1.29, 1.82) is 0 Å². The smallest absolute Gasteiger partial charge is 0.339 e. The minimum atomic E-state index is -1.02. The average Bonchev–Trinajstić information content (AvgIpc) is 2.36. The third kappa shape index (κ3) is 2.14. The summed E-state index contributed by atoms with van der Waals surface area (Å²) in [5, 5.41) is 9.30. The first-order valence-corrected chi connectivity index (χ1v) is 6.28. The fourth-order valence-electron chi connectivity index (χ4n) is 2.64. The van der Waals surface area contributed by atoms with Gasteiger partial charge in [0, 0.05) is 12.0 Å². The molecule has 0 heterocycles. The van der Waals surface area contributed by atoms with Crippen LogP contribution in [-0.4, -0.2) is 31.8 Å². The van der Waals surface area contributed by atoms with Crippen molar-refractivity contribution < 1.29 is 19.4 Å². The molecule has 1 aliphatic rings. The topological polar surface area (TPSA) is 81.8 Å². The van der Waals surface area contributed by atoms with Gasteiger partial charge in [0.25, 0.3) is 0 Å². The van der Waals surface area contributed by atoms with E-state index in [0.29, 0.717) is 12.3 Å². The Balaban J connectivity index is 2.58. The number of ether oxygens (including phenoxy) is 2. The van der Waals surface area contributed by atoms with Crippen molar-refractivity contribution >= 4 is 5.97 Å². The molecule has 1 aliphatic carbocycles. The molecular weight excluding hydrogens is 246 g/mol. The van der Waals surface area contributed by atoms with Gasteiger partial charge < -0.3 is 20.3 Å². The fourth-order valence-corrected chi connectivity index (χ4v) is 2.64. The van der Waals surface area contributed by atoms with E-state index < -0.39 is 5.97 Å². The summed E-state index contributed by atoms with van der Waals surface area (Å²) in [5.74, 6) is -0.328. The number of carbonyl (C=O) groups is 1. The van der Waals surface area contributed by atoms with Crippen LogP contribution in [0.4, 0.5) is 0 Å². The van der Waals surface area contributed by atoms with Crippen molar-refractivity contribution in [2.45, 2.75) is 24.7 Å². The van der Waals surface area contributed by atoms with Gasteiger partial charge in [-0.05, 0) is 30.5 Å². The van der Waals surface area contributed by atoms with Gasteiger partial charge in [-0.3, -0.25) is 0 Å². The number of rotatable bonds is 5. The summed E-state index contributed by atoms with van der Waals surface area (Å²) in [4.78, 5) is 11.4. The van der Waals surface area contributed by atoms with Gasteiger partial charge in [0.15, 0.2) is 11.5 Å². The quantitative estimate of drug-likeness (QED) is 0.848. The van der Waals surface area contributed by atoms with Crippen molar-refractivity contribution in [2.24, 2.45) is 5.73 Å². The molecule has 0 aliphatic heterocycles. The molecule has 0 bridgehead atoms. The lowest BCUT2D eigenvalue weighted by molar-refractivity contribution is 0.0692. The van der Waals surface area contributed by atoms with Gasteiger partial charge in [-0.2, -0.15) is 0 Å². The van der Waals surface area contributed by atoms with E-state index in [-0.39, 0.29) is 16.7 Å². The summed E-state index contributed by atoms with van der Waals surface area (Å²) in [5.41, 5.74) is 6.81. The van der Waals surface area contributed by atoms with Crippen LogP contribution in [0.25, 0.3) is 0 Å². The molecule has 1 fully saturated rings. The van der Waals surface area contributed by atoms with Crippen molar-refractivity contribution in [3.8, 4) is 11.5 Å². The second-order valence-corrected chi connectivity index (χ2v) is 4.90. The fraction of sp³-hybridized carbons (Fsp3) is 0.500. The lowest BCUT2D eigenvalue weighted by Gasteiger charge is -2.41. The molecule has 0 spiro atoms. The van der Waals surface area contributed by atoms with Gasteiger partial charge in [0.2, 0.25) is 0 Å². The van der Waals surface area contributed by atoms with E-state index in [1.165, 1.54) is 14.2 Å². The summed E-state index contributed by atoms with van der Waals surface area (Å²) in [7, 11) is 2.94. The van der Waals surface area contributed by atoms with Gasteiger partial charge in [-0.1, -0.05) is 6.42 Å². The van der Waals surface area contributed by atoms with Crippen molar-refractivity contribution in [3.05, 3.63) is 23.3 Å². The van der Waals surface area contributed by atoms with Crippen LogP contribution in [-0.2, 0) is 5.41 Å². The Kier molecular flexibility index (Phi) is 3.66. The molecular formula is C14H19NO4. The van der Waals surface area contributed by atoms with E-state index in [1.54, 1.807) is 6.07 Å². The highest BCUT2D eigenvalue weighted by molar-refractivity contribution is 5.92. The molecule has 104 valence electrons. The molecule has 5 nitrogen and oxygen atoms in total. The molecule has 2 rings (SSSR count). The lowest BCUT2D eigenvalue weighted by Crippen LogP contribution is -2.41. The Bertz CT molecular complexity index is 489. The van der Waals surface area contributed by atoms with E-state index in [9.17, 15) is 9.90 Å². The van der Waals surface area contributed by atoms with Crippen LogP contribution in [0.15, 0.2) is 12.1 Å². The zero-order valence-corrected chi connectivity index (χ0v) is 11.2. The first kappa shape index (κ1) is 13.7. The number of benzene rings is 1. The Labute approximate surface area is 112 Å². The Morgan fingerprint density at radius 3 is 2.42 bits per heavy atom. The number of aromatic carboxylic acids is 1. The highest BCUT2D eigenvalue weighted by atomic mass is 16.5. The van der Waals surface area contributed by atoms with E-state index in [0.717, 1.165) is 24.8 Å². The Morgan fingerprint density at radius 2 is 2.05 bits per heavy atom. The van der Waals surface area contributed by atoms with Crippen molar-refractivity contribution in [2.75, 3.05) is 20.8 Å². The van der Waals surface area contributed by atoms with E-state index >= 15 is 0 Å². The molecule has 0 aromatic heterocycles. The molecule has 1 saturated carbocycles. The SMILES string of the molecule is COc1cc(C2(CN)CCC2)cc(C(=O)O)c1OC. The largest absolute Gasteiger partial charge is 0.493 e. The predicted molar refractivity (Wildman–Crippen MR) is 71.1 cm³/mol. The number of hydrogen-bond donors (Lipinski definition) is 2. The minimum absolute atomic E-state index is 0.107. The molecule has 0 amide bonds. The minimum Gasteiger partial charge on any atom is -0.493 e. The summed E-state index contributed by atoms with van der Waals surface area (Å²) >= 11 is 0. The number of hydrogen-bond acceptors (Lipinski definition) is 4. The summed E-state index contributed by atoms with van der Waals surface area (Å²) in [6.07, 6.45) is 3.09. The molecule has 5 heteroatoms. The van der Waals surface area contributed by atoms with Crippen LogP contribution < -0.4 is 15.2 Å². The molecule has 0 radical (unpaired) electrons. The maximum absolute atomic E-state index is 11.4. The Morgan fingerprint density at radius 1 is 1.37 bits per heavy atom. The van der Waals surface area contributed by atoms with E-state index in [4.69, 9.17) is 15.2 Å². The predicted octanol–water partition coefficient (Wildman–Crippen LogP) is 1.78.